The van der Waals surface area contributed by atoms with E-state index in [1.165, 1.54) is 31.4 Å². The highest BCUT2D eigenvalue weighted by molar-refractivity contribution is 5.18. The Morgan fingerprint density at radius 3 is 2.73 bits per heavy atom. The first-order valence-electron chi connectivity index (χ1n) is 5.83. The van der Waals surface area contributed by atoms with Gasteiger partial charge in [-0.25, -0.2) is 0 Å². The Kier molecular flexibility index (Phi) is 3.31. The highest BCUT2D eigenvalue weighted by Gasteiger charge is 2.20. The van der Waals surface area contributed by atoms with Gasteiger partial charge in [0.15, 0.2) is 0 Å². The predicted octanol–water partition coefficient (Wildman–Crippen LogP) is 1.94. The smallest absolute Gasteiger partial charge is 0.0646 e. The van der Waals surface area contributed by atoms with E-state index < -0.39 is 0 Å². The molecule has 1 heterocycles. The van der Waals surface area contributed by atoms with Crippen molar-refractivity contribution in [3.05, 3.63) is 23.3 Å². The van der Waals surface area contributed by atoms with Crippen molar-refractivity contribution < 1.29 is 0 Å². The lowest BCUT2D eigenvalue weighted by Crippen LogP contribution is -2.08. The van der Waals surface area contributed by atoms with Crippen LogP contribution in [-0.4, -0.2) is 16.5 Å². The summed E-state index contributed by atoms with van der Waals surface area (Å²) in [6.07, 6.45) is 7.98. The van der Waals surface area contributed by atoms with Crippen LogP contribution in [0.5, 0.6) is 0 Å². The van der Waals surface area contributed by atoms with Crippen LogP contribution >= 0.6 is 0 Å². The molecular formula is C12H19N3. The lowest BCUT2D eigenvalue weighted by molar-refractivity contribution is 0.678. The molecule has 0 aromatic carbocycles. The average molecular weight is 205 g/mol. The van der Waals surface area contributed by atoms with E-state index in [1.54, 1.807) is 0 Å². The largest absolute Gasteiger partial charge is 0.330 e. The molecule has 15 heavy (non-hydrogen) atoms. The Labute approximate surface area is 91.1 Å². The van der Waals surface area contributed by atoms with Crippen molar-refractivity contribution in [3.8, 4) is 0 Å². The van der Waals surface area contributed by atoms with E-state index in [4.69, 9.17) is 5.73 Å². The van der Waals surface area contributed by atoms with Crippen LogP contribution in [0.2, 0.25) is 0 Å². The Morgan fingerprint density at radius 2 is 2.13 bits per heavy atom. The molecule has 0 saturated heterocycles. The van der Waals surface area contributed by atoms with Gasteiger partial charge in [-0.2, -0.15) is 0 Å². The van der Waals surface area contributed by atoms with E-state index >= 15 is 0 Å². The topological polar surface area (TPSA) is 51.8 Å². The second kappa shape index (κ2) is 4.71. The van der Waals surface area contributed by atoms with Crippen LogP contribution in [0.15, 0.2) is 6.20 Å². The van der Waals surface area contributed by atoms with Crippen molar-refractivity contribution >= 4 is 0 Å². The van der Waals surface area contributed by atoms with Crippen molar-refractivity contribution in [1.29, 1.82) is 0 Å². The molecule has 0 atom stereocenters. The fraction of sp³-hybridized carbons (Fsp3) is 0.667. The third kappa shape index (κ3) is 2.34. The van der Waals surface area contributed by atoms with Gasteiger partial charge in [-0.15, -0.1) is 0 Å². The number of aryl methyl sites for hydroxylation is 1. The molecular weight excluding hydrogens is 186 g/mol. The maximum atomic E-state index is 5.50. The summed E-state index contributed by atoms with van der Waals surface area (Å²) in [5, 5.41) is 0. The lowest BCUT2D eigenvalue weighted by Gasteiger charge is -2.11. The first-order valence-corrected chi connectivity index (χ1v) is 5.83. The van der Waals surface area contributed by atoms with Gasteiger partial charge >= 0.3 is 0 Å². The first kappa shape index (κ1) is 10.6. The maximum absolute atomic E-state index is 5.50. The summed E-state index contributed by atoms with van der Waals surface area (Å²) in [6, 6.07) is 0. The molecule has 0 spiro atoms. The van der Waals surface area contributed by atoms with E-state index in [9.17, 15) is 0 Å². The summed E-state index contributed by atoms with van der Waals surface area (Å²) in [4.78, 5) is 9.13. The van der Waals surface area contributed by atoms with Crippen molar-refractivity contribution in [2.75, 3.05) is 6.54 Å². The molecule has 2 rings (SSSR count). The van der Waals surface area contributed by atoms with Gasteiger partial charge in [0, 0.05) is 18.5 Å². The lowest BCUT2D eigenvalue weighted by atomic mass is 10.0. The van der Waals surface area contributed by atoms with Gasteiger partial charge in [0.1, 0.15) is 0 Å². The molecule has 0 amide bonds. The standard InChI is InChI=1S/C12H19N3/c1-9-12(10-4-2-3-5-10)14-8-11(15-9)6-7-13/h8,10H,2-7,13H2,1H3. The van der Waals surface area contributed by atoms with Gasteiger partial charge in [-0.05, 0) is 26.3 Å². The van der Waals surface area contributed by atoms with Gasteiger partial charge in [-0.1, -0.05) is 12.8 Å². The molecule has 1 aliphatic carbocycles. The van der Waals surface area contributed by atoms with Crippen molar-refractivity contribution in [1.82, 2.24) is 9.97 Å². The summed E-state index contributed by atoms with van der Waals surface area (Å²) >= 11 is 0. The summed E-state index contributed by atoms with van der Waals surface area (Å²) in [5.41, 5.74) is 8.85. The Balaban J connectivity index is 2.18. The van der Waals surface area contributed by atoms with Crippen LogP contribution < -0.4 is 5.73 Å². The van der Waals surface area contributed by atoms with Crippen LogP contribution in [0, 0.1) is 6.92 Å². The van der Waals surface area contributed by atoms with Gasteiger partial charge in [0.25, 0.3) is 0 Å². The van der Waals surface area contributed by atoms with Crippen molar-refractivity contribution in [2.24, 2.45) is 5.73 Å². The van der Waals surface area contributed by atoms with E-state index in [0.717, 1.165) is 17.8 Å². The number of aromatic nitrogens is 2. The fourth-order valence-corrected chi connectivity index (χ4v) is 2.41. The second-order valence-electron chi connectivity index (χ2n) is 4.35. The monoisotopic (exact) mass is 205 g/mol. The third-order valence-electron chi connectivity index (χ3n) is 3.18. The highest BCUT2D eigenvalue weighted by Crippen LogP contribution is 2.33. The maximum Gasteiger partial charge on any atom is 0.0646 e. The molecule has 2 N–H and O–H groups in total. The van der Waals surface area contributed by atoms with Gasteiger partial charge in [0.2, 0.25) is 0 Å². The zero-order chi connectivity index (χ0) is 10.7. The zero-order valence-corrected chi connectivity index (χ0v) is 9.37. The SMILES string of the molecule is Cc1nc(CCN)cnc1C1CCCC1. The van der Waals surface area contributed by atoms with Crippen LogP contribution in [0.1, 0.15) is 48.7 Å². The number of hydrogen-bond acceptors (Lipinski definition) is 3. The number of rotatable bonds is 3. The van der Waals surface area contributed by atoms with Crippen molar-refractivity contribution in [2.45, 2.75) is 44.9 Å². The zero-order valence-electron chi connectivity index (χ0n) is 9.37. The molecule has 1 fully saturated rings. The molecule has 0 aliphatic heterocycles. The molecule has 0 unspecified atom stereocenters. The third-order valence-corrected chi connectivity index (χ3v) is 3.18. The minimum Gasteiger partial charge on any atom is -0.330 e. The summed E-state index contributed by atoms with van der Waals surface area (Å²) < 4.78 is 0. The molecule has 3 nitrogen and oxygen atoms in total. The Bertz CT molecular complexity index is 330. The molecule has 1 saturated carbocycles. The van der Waals surface area contributed by atoms with Crippen molar-refractivity contribution in [3.63, 3.8) is 0 Å². The number of hydrogen-bond donors (Lipinski definition) is 1. The molecule has 1 aromatic rings. The summed E-state index contributed by atoms with van der Waals surface area (Å²) in [6.45, 7) is 2.72. The molecule has 1 aromatic heterocycles. The van der Waals surface area contributed by atoms with Crippen LogP contribution in [0.25, 0.3) is 0 Å². The minimum absolute atomic E-state index is 0.650. The van der Waals surface area contributed by atoms with Crippen LogP contribution in [0.4, 0.5) is 0 Å². The quantitative estimate of drug-likeness (QED) is 0.820. The average Bonchev–Trinajstić information content (AvgIpc) is 2.71. The Hall–Kier alpha value is -0.960. The van der Waals surface area contributed by atoms with E-state index in [0.29, 0.717) is 12.5 Å². The molecule has 82 valence electrons. The van der Waals surface area contributed by atoms with Gasteiger partial charge in [0.05, 0.1) is 17.1 Å². The first-order chi connectivity index (χ1) is 7.31. The molecule has 1 aliphatic rings. The number of nitrogens with zero attached hydrogens (tertiary/aromatic N) is 2. The fourth-order valence-electron chi connectivity index (χ4n) is 2.41. The van der Waals surface area contributed by atoms with Crippen LogP contribution in [0.3, 0.4) is 0 Å². The summed E-state index contributed by atoms with van der Waals surface area (Å²) in [5.74, 6) is 0.657. The number of nitrogens with two attached hydrogens (primary N) is 1. The Morgan fingerprint density at radius 1 is 1.40 bits per heavy atom. The second-order valence-corrected chi connectivity index (χ2v) is 4.35. The minimum atomic E-state index is 0.650. The molecule has 0 bridgehead atoms. The molecule has 3 heteroatoms. The van der Waals surface area contributed by atoms with Gasteiger partial charge < -0.3 is 5.73 Å². The van der Waals surface area contributed by atoms with Gasteiger partial charge in [-0.3, -0.25) is 9.97 Å². The highest BCUT2D eigenvalue weighted by atomic mass is 14.8. The van der Waals surface area contributed by atoms with E-state index in [2.05, 4.69) is 16.9 Å². The van der Waals surface area contributed by atoms with E-state index in [1.807, 2.05) is 6.20 Å². The molecule has 0 radical (unpaired) electrons. The van der Waals surface area contributed by atoms with E-state index in [-0.39, 0.29) is 0 Å². The normalized spacial score (nSPS) is 17.2. The van der Waals surface area contributed by atoms with Crippen LogP contribution in [-0.2, 0) is 6.42 Å². The predicted molar refractivity (Wildman–Crippen MR) is 60.7 cm³/mol. The summed E-state index contributed by atoms with van der Waals surface area (Å²) in [7, 11) is 0.